The predicted molar refractivity (Wildman–Crippen MR) is 108 cm³/mol. The summed E-state index contributed by atoms with van der Waals surface area (Å²) in [4.78, 5) is 29.3. The zero-order valence-corrected chi connectivity index (χ0v) is 16.4. The largest absolute Gasteiger partial charge is 0.336 e. The summed E-state index contributed by atoms with van der Waals surface area (Å²) in [6.45, 7) is 4.37. The van der Waals surface area contributed by atoms with Gasteiger partial charge in [0.2, 0.25) is 0 Å². The van der Waals surface area contributed by atoms with Crippen molar-refractivity contribution in [2.24, 2.45) is 0 Å². The van der Waals surface area contributed by atoms with Gasteiger partial charge >= 0.3 is 6.03 Å². The van der Waals surface area contributed by atoms with Gasteiger partial charge in [0.1, 0.15) is 5.69 Å². The van der Waals surface area contributed by atoms with Crippen LogP contribution >= 0.6 is 22.9 Å². The van der Waals surface area contributed by atoms with Crippen LogP contribution in [0.2, 0.25) is 5.02 Å². The second-order valence-corrected chi connectivity index (χ2v) is 7.45. The number of halogens is 1. The number of hydrogen-bond acceptors (Lipinski definition) is 5. The molecule has 0 aliphatic rings. The number of rotatable bonds is 5. The lowest BCUT2D eigenvalue weighted by Crippen LogP contribution is -2.34. The average Bonchev–Trinajstić information content (AvgIpc) is 2.97. The van der Waals surface area contributed by atoms with E-state index < -0.39 is 0 Å². The zero-order valence-electron chi connectivity index (χ0n) is 14.8. The summed E-state index contributed by atoms with van der Waals surface area (Å²) in [6, 6.07) is 9.60. The van der Waals surface area contributed by atoms with Gasteiger partial charge in [-0.3, -0.25) is 4.79 Å². The van der Waals surface area contributed by atoms with Gasteiger partial charge in [-0.1, -0.05) is 11.6 Å². The lowest BCUT2D eigenvalue weighted by molar-refractivity contribution is 0.251. The van der Waals surface area contributed by atoms with Gasteiger partial charge in [-0.05, 0) is 44.2 Å². The third-order valence-electron chi connectivity index (χ3n) is 3.71. The number of aromatic nitrogens is 3. The first kappa shape index (κ1) is 19.1. The summed E-state index contributed by atoms with van der Waals surface area (Å²) in [6.07, 6.45) is 0. The Morgan fingerprint density at radius 2 is 1.93 bits per heavy atom. The van der Waals surface area contributed by atoms with Crippen LogP contribution in [0.5, 0.6) is 0 Å². The minimum absolute atomic E-state index is 0.224. The minimum atomic E-state index is -0.365. The molecule has 0 aliphatic carbocycles. The van der Waals surface area contributed by atoms with Crippen LogP contribution in [0, 0.1) is 13.8 Å². The highest BCUT2D eigenvalue weighted by Gasteiger charge is 2.11. The van der Waals surface area contributed by atoms with E-state index in [1.165, 1.54) is 22.1 Å². The number of aryl methyl sites for hydroxylation is 2. The molecule has 9 heteroatoms. The molecule has 0 atom stereocenters. The van der Waals surface area contributed by atoms with Gasteiger partial charge in [0.05, 0.1) is 22.1 Å². The Labute approximate surface area is 165 Å². The van der Waals surface area contributed by atoms with E-state index in [4.69, 9.17) is 11.6 Å². The van der Waals surface area contributed by atoms with Gasteiger partial charge in [0.15, 0.2) is 0 Å². The van der Waals surface area contributed by atoms with Crippen LogP contribution in [0.15, 0.2) is 41.2 Å². The number of urea groups is 1. The summed E-state index contributed by atoms with van der Waals surface area (Å²) in [5, 5.41) is 11.3. The molecule has 7 nitrogen and oxygen atoms in total. The Kier molecular flexibility index (Phi) is 5.88. The maximum atomic E-state index is 12.0. The molecule has 0 fully saturated rings. The summed E-state index contributed by atoms with van der Waals surface area (Å²) in [5.74, 6) is 0. The van der Waals surface area contributed by atoms with Crippen molar-refractivity contribution in [3.63, 3.8) is 0 Å². The molecule has 0 saturated carbocycles. The number of carbonyl (C=O) groups excluding carboxylic acids is 1. The number of hydrogen-bond donors (Lipinski definition) is 2. The Morgan fingerprint density at radius 3 is 2.59 bits per heavy atom. The van der Waals surface area contributed by atoms with E-state index in [-0.39, 0.29) is 24.7 Å². The van der Waals surface area contributed by atoms with Crippen molar-refractivity contribution in [3.8, 4) is 10.6 Å². The molecule has 1 aromatic carbocycles. The van der Waals surface area contributed by atoms with E-state index >= 15 is 0 Å². The van der Waals surface area contributed by atoms with E-state index in [2.05, 4.69) is 20.7 Å². The lowest BCUT2D eigenvalue weighted by atomic mass is 10.3. The number of carbonyl (C=O) groups is 1. The fraction of sp³-hybridized carbons (Fsp3) is 0.222. The number of anilines is 1. The van der Waals surface area contributed by atoms with Crippen molar-refractivity contribution >= 4 is 34.7 Å². The topological polar surface area (TPSA) is 88.9 Å². The SMILES string of the molecule is Cc1nc(C)c(-c2ccc(=O)n(CCNC(=O)Nc3ccc(Cl)cc3)n2)s1. The highest BCUT2D eigenvalue weighted by molar-refractivity contribution is 7.15. The van der Waals surface area contributed by atoms with E-state index in [0.29, 0.717) is 16.4 Å². The lowest BCUT2D eigenvalue weighted by Gasteiger charge is -2.09. The van der Waals surface area contributed by atoms with Crippen LogP contribution < -0.4 is 16.2 Å². The van der Waals surface area contributed by atoms with Crippen LogP contribution in [-0.2, 0) is 6.54 Å². The van der Waals surface area contributed by atoms with Crippen LogP contribution in [0.1, 0.15) is 10.7 Å². The number of amides is 2. The molecule has 27 heavy (non-hydrogen) atoms. The van der Waals surface area contributed by atoms with Gasteiger partial charge in [0.25, 0.3) is 5.56 Å². The van der Waals surface area contributed by atoms with Crippen LogP contribution in [0.4, 0.5) is 10.5 Å². The van der Waals surface area contributed by atoms with Gasteiger partial charge in [-0.25, -0.2) is 14.5 Å². The Morgan fingerprint density at radius 1 is 1.19 bits per heavy atom. The Hall–Kier alpha value is -2.71. The average molecular weight is 404 g/mol. The monoisotopic (exact) mass is 403 g/mol. The maximum absolute atomic E-state index is 12.0. The Balaban J connectivity index is 1.61. The molecule has 3 aromatic rings. The zero-order chi connectivity index (χ0) is 19.4. The number of nitrogens with one attached hydrogen (secondary N) is 2. The second kappa shape index (κ2) is 8.32. The van der Waals surface area contributed by atoms with E-state index in [0.717, 1.165) is 15.6 Å². The first-order valence-electron chi connectivity index (χ1n) is 8.25. The molecule has 2 amide bonds. The first-order chi connectivity index (χ1) is 12.9. The van der Waals surface area contributed by atoms with Crippen molar-refractivity contribution in [3.05, 3.63) is 62.5 Å². The fourth-order valence-electron chi connectivity index (χ4n) is 2.48. The number of nitrogens with zero attached hydrogens (tertiary/aromatic N) is 3. The molecule has 2 heterocycles. The van der Waals surface area contributed by atoms with Gasteiger partial charge in [-0.2, -0.15) is 5.10 Å². The Bertz CT molecular complexity index is 1010. The molecule has 0 bridgehead atoms. The van der Waals surface area contributed by atoms with Gasteiger partial charge in [-0.15, -0.1) is 11.3 Å². The van der Waals surface area contributed by atoms with Gasteiger partial charge in [0, 0.05) is 23.3 Å². The molecule has 2 aromatic heterocycles. The maximum Gasteiger partial charge on any atom is 0.319 e. The second-order valence-electron chi connectivity index (χ2n) is 5.82. The third kappa shape index (κ3) is 4.93. The molecular weight excluding hydrogens is 386 g/mol. The summed E-state index contributed by atoms with van der Waals surface area (Å²) in [5.41, 5.74) is 1.99. The highest BCUT2D eigenvalue weighted by Crippen LogP contribution is 2.27. The summed E-state index contributed by atoms with van der Waals surface area (Å²) >= 11 is 7.35. The van der Waals surface area contributed by atoms with E-state index in [1.54, 1.807) is 30.3 Å². The quantitative estimate of drug-likeness (QED) is 0.682. The van der Waals surface area contributed by atoms with E-state index in [1.807, 2.05) is 13.8 Å². The molecule has 0 unspecified atom stereocenters. The summed E-state index contributed by atoms with van der Waals surface area (Å²) < 4.78 is 1.34. The molecule has 140 valence electrons. The smallest absolute Gasteiger partial charge is 0.319 e. The first-order valence-corrected chi connectivity index (χ1v) is 9.45. The molecule has 0 radical (unpaired) electrons. The molecule has 3 rings (SSSR count). The molecular formula is C18H18ClN5O2S. The van der Waals surface area contributed by atoms with Crippen molar-refractivity contribution in [1.82, 2.24) is 20.1 Å². The number of benzene rings is 1. The molecule has 2 N–H and O–H groups in total. The molecule has 0 saturated heterocycles. The van der Waals surface area contributed by atoms with E-state index in [9.17, 15) is 9.59 Å². The third-order valence-corrected chi connectivity index (χ3v) is 5.06. The van der Waals surface area contributed by atoms with Gasteiger partial charge < -0.3 is 10.6 Å². The van der Waals surface area contributed by atoms with Crippen LogP contribution in [0.25, 0.3) is 10.6 Å². The van der Waals surface area contributed by atoms with Crippen LogP contribution in [0.3, 0.4) is 0 Å². The fourth-order valence-corrected chi connectivity index (χ4v) is 3.49. The van der Waals surface area contributed by atoms with Crippen molar-refractivity contribution < 1.29 is 4.79 Å². The van der Waals surface area contributed by atoms with Crippen molar-refractivity contribution in [1.29, 1.82) is 0 Å². The van der Waals surface area contributed by atoms with Crippen molar-refractivity contribution in [2.45, 2.75) is 20.4 Å². The highest BCUT2D eigenvalue weighted by atomic mass is 35.5. The minimum Gasteiger partial charge on any atom is -0.336 e. The summed E-state index contributed by atoms with van der Waals surface area (Å²) in [7, 11) is 0. The molecule has 0 aliphatic heterocycles. The normalized spacial score (nSPS) is 10.6. The number of thiazole rings is 1. The van der Waals surface area contributed by atoms with Crippen LogP contribution in [-0.4, -0.2) is 27.3 Å². The standard InChI is InChI=1S/C18H18ClN5O2S/c1-11-17(27-12(2)21-11)15-7-8-16(25)24(23-15)10-9-20-18(26)22-14-5-3-13(19)4-6-14/h3-8H,9-10H2,1-2H3,(H2,20,22,26). The van der Waals surface area contributed by atoms with Crippen molar-refractivity contribution in [2.75, 3.05) is 11.9 Å². The predicted octanol–water partition coefficient (Wildman–Crippen LogP) is 3.46. The molecule has 0 spiro atoms.